The van der Waals surface area contributed by atoms with Crippen molar-refractivity contribution < 1.29 is 0 Å². The van der Waals surface area contributed by atoms with E-state index >= 15 is 0 Å². The maximum absolute atomic E-state index is 2.33. The summed E-state index contributed by atoms with van der Waals surface area (Å²) in [7, 11) is 2.18. The van der Waals surface area contributed by atoms with Crippen molar-refractivity contribution in [3.05, 3.63) is 72.3 Å². The van der Waals surface area contributed by atoms with Crippen molar-refractivity contribution in [2.45, 2.75) is 13.3 Å². The number of rotatable bonds is 1. The van der Waals surface area contributed by atoms with E-state index in [0.717, 1.165) is 6.42 Å². The van der Waals surface area contributed by atoms with Crippen LogP contribution in [0.25, 0.3) is 43.4 Å². The second-order valence-corrected chi connectivity index (χ2v) is 6.61. The summed E-state index contributed by atoms with van der Waals surface area (Å²) in [6.45, 7) is 2.21. The molecule has 0 bridgehead atoms. The molecule has 0 fully saturated rings. The molecule has 24 heavy (non-hydrogen) atoms. The zero-order valence-corrected chi connectivity index (χ0v) is 14.0. The third-order valence-electron chi connectivity index (χ3n) is 5.35. The van der Waals surface area contributed by atoms with E-state index in [1.165, 1.54) is 48.9 Å². The van der Waals surface area contributed by atoms with Gasteiger partial charge in [0.2, 0.25) is 0 Å². The Morgan fingerprint density at radius 2 is 1.42 bits per heavy atom. The number of aromatic nitrogens is 1. The van der Waals surface area contributed by atoms with Crippen LogP contribution in [0.15, 0.2) is 66.7 Å². The molecule has 4 aromatic carbocycles. The van der Waals surface area contributed by atoms with Crippen molar-refractivity contribution in [3.8, 4) is 0 Å². The SMILES string of the molecule is CCc1ccc2c(ccc3c2ccc2c4ccccc4n(C)c32)c1. The minimum atomic E-state index is 1.08. The summed E-state index contributed by atoms with van der Waals surface area (Å²) in [6, 6.07) is 24.7. The lowest BCUT2D eigenvalue weighted by molar-refractivity contribution is 1.02. The van der Waals surface area contributed by atoms with Crippen LogP contribution in [-0.4, -0.2) is 4.57 Å². The zero-order chi connectivity index (χ0) is 16.3. The predicted octanol–water partition coefficient (Wildman–Crippen LogP) is 6.20. The number of fused-ring (bicyclic) bond motifs is 7. The smallest absolute Gasteiger partial charge is 0.0568 e. The number of nitrogens with zero attached hydrogens (tertiary/aromatic N) is 1. The maximum Gasteiger partial charge on any atom is 0.0568 e. The van der Waals surface area contributed by atoms with Crippen LogP contribution in [0, 0.1) is 0 Å². The Balaban J connectivity index is 1.99. The summed E-state index contributed by atoms with van der Waals surface area (Å²) in [5, 5.41) is 8.02. The minimum absolute atomic E-state index is 1.08. The van der Waals surface area contributed by atoms with E-state index in [2.05, 4.69) is 85.3 Å². The van der Waals surface area contributed by atoms with E-state index in [0.29, 0.717) is 0 Å². The van der Waals surface area contributed by atoms with Crippen LogP contribution in [0.3, 0.4) is 0 Å². The molecule has 1 nitrogen and oxygen atoms in total. The van der Waals surface area contributed by atoms with Crippen molar-refractivity contribution in [3.63, 3.8) is 0 Å². The Labute approximate surface area is 141 Å². The van der Waals surface area contributed by atoms with Gasteiger partial charge in [0, 0.05) is 28.7 Å². The first-order chi connectivity index (χ1) is 11.8. The van der Waals surface area contributed by atoms with E-state index in [1.54, 1.807) is 0 Å². The Morgan fingerprint density at radius 3 is 2.29 bits per heavy atom. The van der Waals surface area contributed by atoms with Gasteiger partial charge in [-0.2, -0.15) is 0 Å². The van der Waals surface area contributed by atoms with Crippen LogP contribution in [-0.2, 0) is 13.5 Å². The Bertz CT molecular complexity index is 1240. The number of aryl methyl sites for hydroxylation is 2. The van der Waals surface area contributed by atoms with Gasteiger partial charge in [0.05, 0.1) is 5.52 Å². The molecule has 1 aromatic heterocycles. The molecule has 0 spiro atoms. The molecule has 0 atom stereocenters. The first kappa shape index (κ1) is 13.6. The van der Waals surface area contributed by atoms with E-state index in [4.69, 9.17) is 0 Å². The third-order valence-corrected chi connectivity index (χ3v) is 5.35. The highest BCUT2D eigenvalue weighted by Gasteiger charge is 2.12. The molecule has 5 rings (SSSR count). The Kier molecular flexibility index (Phi) is 2.75. The van der Waals surface area contributed by atoms with Crippen molar-refractivity contribution >= 4 is 43.4 Å². The Hall–Kier alpha value is -2.80. The highest BCUT2D eigenvalue weighted by atomic mass is 14.9. The molecule has 0 amide bonds. The van der Waals surface area contributed by atoms with Gasteiger partial charge in [-0.05, 0) is 34.2 Å². The van der Waals surface area contributed by atoms with Crippen LogP contribution in [0.1, 0.15) is 12.5 Å². The summed E-state index contributed by atoms with van der Waals surface area (Å²) in [5.74, 6) is 0. The second kappa shape index (κ2) is 4.85. The fourth-order valence-electron chi connectivity index (χ4n) is 4.09. The lowest BCUT2D eigenvalue weighted by Crippen LogP contribution is -1.88. The lowest BCUT2D eigenvalue weighted by Gasteiger charge is -2.08. The first-order valence-corrected chi connectivity index (χ1v) is 8.59. The largest absolute Gasteiger partial charge is 0.343 e. The molecule has 5 aromatic rings. The topological polar surface area (TPSA) is 4.93 Å². The van der Waals surface area contributed by atoms with Gasteiger partial charge in [-0.15, -0.1) is 0 Å². The summed E-state index contributed by atoms with van der Waals surface area (Å²) in [5.41, 5.74) is 4.02. The first-order valence-electron chi connectivity index (χ1n) is 8.59. The number of hydrogen-bond acceptors (Lipinski definition) is 0. The zero-order valence-electron chi connectivity index (χ0n) is 14.0. The average molecular weight is 309 g/mol. The average Bonchev–Trinajstić information content (AvgIpc) is 2.94. The molecular weight excluding hydrogens is 290 g/mol. The molecule has 0 N–H and O–H groups in total. The van der Waals surface area contributed by atoms with Gasteiger partial charge in [0.25, 0.3) is 0 Å². The summed E-state index contributed by atoms with van der Waals surface area (Å²) in [4.78, 5) is 0. The van der Waals surface area contributed by atoms with Crippen LogP contribution < -0.4 is 0 Å². The molecule has 0 unspecified atom stereocenters. The predicted molar refractivity (Wildman–Crippen MR) is 105 cm³/mol. The quantitative estimate of drug-likeness (QED) is 0.325. The van der Waals surface area contributed by atoms with Crippen molar-refractivity contribution in [2.75, 3.05) is 0 Å². The molecular formula is C23H19N. The normalized spacial score (nSPS) is 11.9. The van der Waals surface area contributed by atoms with E-state index in [9.17, 15) is 0 Å². The molecule has 0 saturated carbocycles. The molecule has 0 aliphatic carbocycles. The standard InChI is InChI=1S/C23H19N/c1-3-15-8-10-17-16(14-15)9-11-20-18(17)12-13-21-19-6-4-5-7-22(19)24(2)23(20)21/h4-14H,3H2,1-2H3. The fraction of sp³-hybridized carbons (Fsp3) is 0.130. The molecule has 1 heteroatoms. The summed E-state index contributed by atoms with van der Waals surface area (Å²) in [6.07, 6.45) is 1.08. The number of benzene rings is 4. The fourth-order valence-corrected chi connectivity index (χ4v) is 4.09. The summed E-state index contributed by atoms with van der Waals surface area (Å²) < 4.78 is 2.33. The van der Waals surface area contributed by atoms with Crippen LogP contribution in [0.2, 0.25) is 0 Å². The molecule has 116 valence electrons. The number of hydrogen-bond donors (Lipinski definition) is 0. The molecule has 1 heterocycles. The highest BCUT2D eigenvalue weighted by Crippen LogP contribution is 2.36. The van der Waals surface area contributed by atoms with Crippen LogP contribution >= 0.6 is 0 Å². The van der Waals surface area contributed by atoms with Gasteiger partial charge in [0.1, 0.15) is 0 Å². The third kappa shape index (κ3) is 1.70. The van der Waals surface area contributed by atoms with Crippen LogP contribution in [0.4, 0.5) is 0 Å². The van der Waals surface area contributed by atoms with Gasteiger partial charge < -0.3 is 4.57 Å². The highest BCUT2D eigenvalue weighted by molar-refractivity contribution is 6.22. The van der Waals surface area contributed by atoms with Gasteiger partial charge in [-0.25, -0.2) is 0 Å². The van der Waals surface area contributed by atoms with Crippen LogP contribution in [0.5, 0.6) is 0 Å². The van der Waals surface area contributed by atoms with E-state index in [1.807, 2.05) is 0 Å². The summed E-state index contributed by atoms with van der Waals surface area (Å²) >= 11 is 0. The monoisotopic (exact) mass is 309 g/mol. The maximum atomic E-state index is 2.33. The van der Waals surface area contributed by atoms with E-state index < -0.39 is 0 Å². The molecule has 0 saturated heterocycles. The van der Waals surface area contributed by atoms with Gasteiger partial charge in [0.15, 0.2) is 0 Å². The van der Waals surface area contributed by atoms with E-state index in [-0.39, 0.29) is 0 Å². The lowest BCUT2D eigenvalue weighted by atomic mass is 9.98. The van der Waals surface area contributed by atoms with Crippen molar-refractivity contribution in [1.29, 1.82) is 0 Å². The Morgan fingerprint density at radius 1 is 0.708 bits per heavy atom. The van der Waals surface area contributed by atoms with Gasteiger partial charge in [-0.1, -0.05) is 67.6 Å². The minimum Gasteiger partial charge on any atom is -0.343 e. The molecule has 0 aliphatic rings. The second-order valence-electron chi connectivity index (χ2n) is 6.61. The van der Waals surface area contributed by atoms with Gasteiger partial charge >= 0.3 is 0 Å². The molecule has 0 aliphatic heterocycles. The van der Waals surface area contributed by atoms with Gasteiger partial charge in [-0.3, -0.25) is 0 Å². The number of para-hydroxylation sites is 1. The van der Waals surface area contributed by atoms with Crippen molar-refractivity contribution in [2.24, 2.45) is 7.05 Å². The molecule has 0 radical (unpaired) electrons. The van der Waals surface area contributed by atoms with Crippen molar-refractivity contribution in [1.82, 2.24) is 4.57 Å².